The lowest BCUT2D eigenvalue weighted by Gasteiger charge is -2.30. The van der Waals surface area contributed by atoms with Gasteiger partial charge in [0.05, 0.1) is 16.3 Å². The van der Waals surface area contributed by atoms with Gasteiger partial charge in [0.1, 0.15) is 17.2 Å². The number of carbonyl (C=O) groups is 2. The molecule has 170 valence electrons. The molecule has 0 bridgehead atoms. The lowest BCUT2D eigenvalue weighted by molar-refractivity contribution is -0.196. The molecule has 8 nitrogen and oxygen atoms in total. The number of hydrogen-bond donors (Lipinski definition) is 3. The third-order valence-corrected chi connectivity index (χ3v) is 5.32. The molecule has 4 rings (SSSR count). The number of H-pyrrole nitrogens is 1. The van der Waals surface area contributed by atoms with Gasteiger partial charge in [0.25, 0.3) is 22.9 Å². The van der Waals surface area contributed by atoms with E-state index in [4.69, 9.17) is 11.6 Å². The van der Waals surface area contributed by atoms with Gasteiger partial charge in [0.15, 0.2) is 0 Å². The lowest BCUT2D eigenvalue weighted by atomic mass is 9.91. The third-order valence-electron chi connectivity index (χ3n) is 4.99. The van der Waals surface area contributed by atoms with Gasteiger partial charge in [-0.1, -0.05) is 23.7 Å². The maximum atomic E-state index is 14.4. The van der Waals surface area contributed by atoms with Crippen LogP contribution >= 0.6 is 11.6 Å². The number of carbonyl (C=O) groups excluding carboxylic acids is 2. The molecule has 1 atom stereocenters. The van der Waals surface area contributed by atoms with E-state index in [2.05, 4.69) is 0 Å². The molecular formula is C20H11ClF4N4O4. The number of anilines is 1. The van der Waals surface area contributed by atoms with Crippen molar-refractivity contribution in [2.75, 3.05) is 5.32 Å². The number of nitrogens with one attached hydrogen (secondary N) is 3. The fraction of sp³-hybridized carbons (Fsp3) is 0.100. The maximum Gasteiger partial charge on any atom is 0.425 e. The highest BCUT2D eigenvalue weighted by Crippen LogP contribution is 2.45. The van der Waals surface area contributed by atoms with E-state index in [0.29, 0.717) is 4.57 Å². The zero-order valence-electron chi connectivity index (χ0n) is 16.1. The molecule has 2 amide bonds. The van der Waals surface area contributed by atoms with E-state index < -0.39 is 52.0 Å². The molecule has 33 heavy (non-hydrogen) atoms. The zero-order chi connectivity index (χ0) is 24.1. The average Bonchev–Trinajstić information content (AvgIpc) is 3.02. The predicted molar refractivity (Wildman–Crippen MR) is 108 cm³/mol. The molecule has 2 heterocycles. The van der Waals surface area contributed by atoms with Crippen molar-refractivity contribution < 1.29 is 27.2 Å². The minimum Gasteiger partial charge on any atom is -0.326 e. The van der Waals surface area contributed by atoms with E-state index in [-0.39, 0.29) is 16.3 Å². The number of fused-ring (bicyclic) bond motifs is 1. The number of alkyl halides is 3. The Labute approximate surface area is 185 Å². The predicted octanol–water partition coefficient (Wildman–Crippen LogP) is 2.46. The van der Waals surface area contributed by atoms with Crippen LogP contribution in [0, 0.1) is 5.82 Å². The van der Waals surface area contributed by atoms with E-state index in [1.54, 1.807) is 10.3 Å². The Morgan fingerprint density at radius 1 is 1.03 bits per heavy atom. The molecule has 0 radical (unpaired) electrons. The topological polar surface area (TPSA) is 113 Å². The normalized spacial score (nSPS) is 17.4. The molecule has 2 aromatic carbocycles. The van der Waals surface area contributed by atoms with Crippen molar-refractivity contribution in [2.24, 2.45) is 0 Å². The summed E-state index contributed by atoms with van der Waals surface area (Å²) in [4.78, 5) is 52.1. The van der Waals surface area contributed by atoms with Gasteiger partial charge >= 0.3 is 11.9 Å². The van der Waals surface area contributed by atoms with Crippen LogP contribution in [-0.4, -0.2) is 27.5 Å². The van der Waals surface area contributed by atoms with Crippen molar-refractivity contribution in [1.29, 1.82) is 0 Å². The smallest absolute Gasteiger partial charge is 0.326 e. The average molecular weight is 483 g/mol. The number of nitrogens with zero attached hydrogens (tertiary/aromatic N) is 1. The van der Waals surface area contributed by atoms with Gasteiger partial charge in [0.2, 0.25) is 0 Å². The van der Waals surface area contributed by atoms with Crippen molar-refractivity contribution in [1.82, 2.24) is 14.9 Å². The molecule has 3 aromatic rings. The summed E-state index contributed by atoms with van der Waals surface area (Å²) in [5, 5.41) is 3.26. The summed E-state index contributed by atoms with van der Waals surface area (Å²) in [5.74, 6) is -4.73. The summed E-state index contributed by atoms with van der Waals surface area (Å²) in [6.45, 7) is 0. The van der Waals surface area contributed by atoms with E-state index in [1.165, 1.54) is 18.2 Å². The fourth-order valence-electron chi connectivity index (χ4n) is 3.50. The van der Waals surface area contributed by atoms with Gasteiger partial charge < -0.3 is 10.6 Å². The molecular weight excluding hydrogens is 472 g/mol. The monoisotopic (exact) mass is 482 g/mol. The van der Waals surface area contributed by atoms with Gasteiger partial charge in [-0.2, -0.15) is 13.2 Å². The van der Waals surface area contributed by atoms with Gasteiger partial charge in [-0.3, -0.25) is 19.4 Å². The first kappa shape index (κ1) is 22.3. The Kier molecular flexibility index (Phi) is 5.12. The summed E-state index contributed by atoms with van der Waals surface area (Å²) in [6.07, 6.45) is -5.52. The number of benzene rings is 2. The Hall–Kier alpha value is -3.93. The van der Waals surface area contributed by atoms with Crippen LogP contribution in [0.15, 0.2) is 58.1 Å². The third kappa shape index (κ3) is 3.39. The molecule has 1 aliphatic heterocycles. The summed E-state index contributed by atoms with van der Waals surface area (Å²) >= 11 is 5.88. The molecule has 0 saturated carbocycles. The zero-order valence-corrected chi connectivity index (χ0v) is 16.8. The number of hydrogen-bond acceptors (Lipinski definition) is 4. The molecule has 0 spiro atoms. The molecule has 13 heteroatoms. The van der Waals surface area contributed by atoms with Gasteiger partial charge in [-0.15, -0.1) is 0 Å². The van der Waals surface area contributed by atoms with E-state index in [0.717, 1.165) is 30.3 Å². The molecule has 3 N–H and O–H groups in total. The highest BCUT2D eigenvalue weighted by molar-refractivity contribution is 6.34. The summed E-state index contributed by atoms with van der Waals surface area (Å²) in [6, 6.07) is 9.09. The quantitative estimate of drug-likeness (QED) is 0.498. The summed E-state index contributed by atoms with van der Waals surface area (Å²) in [7, 11) is 0. The number of amides is 2. The van der Waals surface area contributed by atoms with Gasteiger partial charge in [-0.05, 0) is 36.4 Å². The highest BCUT2D eigenvalue weighted by Gasteiger charge is 2.68. The number of aromatic amines is 1. The van der Waals surface area contributed by atoms with Crippen molar-refractivity contribution in [3.63, 3.8) is 0 Å². The van der Waals surface area contributed by atoms with Crippen LogP contribution in [0.25, 0.3) is 5.69 Å². The van der Waals surface area contributed by atoms with Gasteiger partial charge in [-0.25, -0.2) is 13.8 Å². The Morgan fingerprint density at radius 2 is 1.67 bits per heavy atom. The second-order valence-electron chi connectivity index (χ2n) is 6.93. The van der Waals surface area contributed by atoms with Crippen LogP contribution in [0.1, 0.15) is 15.9 Å². The number of halogens is 5. The SMILES string of the molecule is O=C(N[C@@]1(C(F)(F)F)C(=O)Nc2c1c(=O)[nH]c(=O)n2-c1ccc(F)cc1)c1ccccc1Cl. The van der Waals surface area contributed by atoms with E-state index in [1.807, 2.05) is 5.32 Å². The largest absolute Gasteiger partial charge is 0.425 e. The first-order valence-corrected chi connectivity index (χ1v) is 9.46. The minimum atomic E-state index is -5.52. The minimum absolute atomic E-state index is 0.149. The molecule has 0 saturated heterocycles. The lowest BCUT2D eigenvalue weighted by Crippen LogP contribution is -2.62. The van der Waals surface area contributed by atoms with Crippen LogP contribution in [0.2, 0.25) is 5.02 Å². The van der Waals surface area contributed by atoms with Crippen LogP contribution in [-0.2, 0) is 10.3 Å². The first-order valence-electron chi connectivity index (χ1n) is 9.08. The van der Waals surface area contributed by atoms with Crippen LogP contribution < -0.4 is 21.9 Å². The highest BCUT2D eigenvalue weighted by atomic mass is 35.5. The van der Waals surface area contributed by atoms with E-state index in [9.17, 15) is 36.7 Å². The van der Waals surface area contributed by atoms with E-state index >= 15 is 0 Å². The molecule has 1 aromatic heterocycles. The van der Waals surface area contributed by atoms with Crippen molar-refractivity contribution >= 4 is 29.2 Å². The fourth-order valence-corrected chi connectivity index (χ4v) is 3.72. The van der Waals surface area contributed by atoms with Crippen molar-refractivity contribution in [3.8, 4) is 5.69 Å². The molecule has 0 aliphatic carbocycles. The molecule has 0 fully saturated rings. The maximum absolute atomic E-state index is 14.4. The molecule has 1 aliphatic rings. The van der Waals surface area contributed by atoms with Crippen molar-refractivity contribution in [2.45, 2.75) is 11.7 Å². The first-order chi connectivity index (χ1) is 15.5. The summed E-state index contributed by atoms with van der Waals surface area (Å²) in [5.41, 5.74) is -8.38. The second kappa shape index (κ2) is 7.59. The Balaban J connectivity index is 1.98. The number of rotatable bonds is 3. The van der Waals surface area contributed by atoms with Crippen LogP contribution in [0.5, 0.6) is 0 Å². The second-order valence-corrected chi connectivity index (χ2v) is 7.34. The number of aromatic nitrogens is 2. The Morgan fingerprint density at radius 3 is 2.27 bits per heavy atom. The van der Waals surface area contributed by atoms with Crippen LogP contribution in [0.3, 0.4) is 0 Å². The van der Waals surface area contributed by atoms with Gasteiger partial charge in [0, 0.05) is 0 Å². The standard InChI is InChI=1S/C20H11ClF4N4O4/c21-12-4-2-1-3-11(12)15(30)28-19(20(23,24)25)13-14(26-17(19)32)29(18(33)27-16(13)31)10-7-5-9(22)6-8-10/h1-8H,(H,26,32)(H,28,30)(H,27,31,33)/t19-/m1/s1. The van der Waals surface area contributed by atoms with Crippen molar-refractivity contribution in [3.05, 3.63) is 91.3 Å². The van der Waals surface area contributed by atoms with Crippen LogP contribution in [0.4, 0.5) is 23.4 Å². The summed E-state index contributed by atoms with van der Waals surface area (Å²) < 4.78 is 57.0. The molecule has 0 unspecified atom stereocenters. The Bertz CT molecular complexity index is 1420.